The van der Waals surface area contributed by atoms with Crippen molar-refractivity contribution >= 4 is 11.8 Å². The number of piperidine rings is 1. The number of carbonyl (C=O) groups is 2. The van der Waals surface area contributed by atoms with Crippen LogP contribution in [0.1, 0.15) is 29.5 Å². The van der Waals surface area contributed by atoms with Crippen LogP contribution in [0.4, 0.5) is 13.2 Å². The van der Waals surface area contributed by atoms with E-state index in [1.165, 1.54) is 0 Å². The Labute approximate surface area is 139 Å². The van der Waals surface area contributed by atoms with Crippen LogP contribution in [0.3, 0.4) is 0 Å². The van der Waals surface area contributed by atoms with E-state index in [4.69, 9.17) is 0 Å². The van der Waals surface area contributed by atoms with E-state index in [0.29, 0.717) is 6.54 Å². The zero-order chi connectivity index (χ0) is 17.9. The smallest absolute Gasteiger partial charge is 0.352 e. The van der Waals surface area contributed by atoms with Crippen LogP contribution < -0.4 is 5.32 Å². The van der Waals surface area contributed by atoms with Gasteiger partial charge in [0.1, 0.15) is 0 Å². The Bertz CT molecular complexity index is 621. The summed E-state index contributed by atoms with van der Waals surface area (Å²) in [5, 5.41) is 2.85. The molecule has 1 aliphatic heterocycles. The maximum atomic E-state index is 12.4. The Balaban J connectivity index is 1.85. The summed E-state index contributed by atoms with van der Waals surface area (Å²) < 4.78 is 37.2. The summed E-state index contributed by atoms with van der Waals surface area (Å²) in [5.41, 5.74) is 3.20. The van der Waals surface area contributed by atoms with Crippen LogP contribution in [-0.2, 0) is 16.1 Å². The van der Waals surface area contributed by atoms with Crippen molar-refractivity contribution in [2.75, 3.05) is 13.1 Å². The number of hydrogen-bond acceptors (Lipinski definition) is 2. The van der Waals surface area contributed by atoms with Gasteiger partial charge in [-0.05, 0) is 37.8 Å². The molecular weight excluding hydrogens is 321 g/mol. The van der Waals surface area contributed by atoms with Gasteiger partial charge in [-0.1, -0.05) is 23.8 Å². The van der Waals surface area contributed by atoms with Crippen LogP contribution in [0.5, 0.6) is 0 Å². The van der Waals surface area contributed by atoms with Crippen molar-refractivity contribution in [3.63, 3.8) is 0 Å². The fraction of sp³-hybridized carbons (Fsp3) is 0.529. The maximum absolute atomic E-state index is 12.4. The number of halogens is 3. The number of nitrogens with one attached hydrogen (secondary N) is 1. The topological polar surface area (TPSA) is 49.4 Å². The molecule has 0 bridgehead atoms. The highest BCUT2D eigenvalue weighted by molar-refractivity contribution is 5.83. The van der Waals surface area contributed by atoms with Gasteiger partial charge in [0.25, 0.3) is 0 Å². The summed E-state index contributed by atoms with van der Waals surface area (Å²) in [6, 6.07) is 5.98. The maximum Gasteiger partial charge on any atom is 0.471 e. The number of likely N-dealkylation sites (tertiary alicyclic amines) is 1. The predicted octanol–water partition coefficient (Wildman–Crippen LogP) is 2.72. The summed E-state index contributed by atoms with van der Waals surface area (Å²) >= 11 is 0. The van der Waals surface area contributed by atoms with Gasteiger partial charge in [-0.15, -0.1) is 0 Å². The molecule has 132 valence electrons. The minimum atomic E-state index is -4.85. The molecule has 0 spiro atoms. The Kier molecular flexibility index (Phi) is 5.51. The Morgan fingerprint density at radius 2 is 1.83 bits per heavy atom. The first-order valence-corrected chi connectivity index (χ1v) is 7.88. The third-order valence-corrected chi connectivity index (χ3v) is 4.35. The normalized spacial score (nSPS) is 16.1. The molecule has 0 unspecified atom stereocenters. The van der Waals surface area contributed by atoms with Gasteiger partial charge in [0, 0.05) is 25.6 Å². The molecular formula is C17H21F3N2O2. The Hall–Kier alpha value is -2.05. The number of benzene rings is 1. The van der Waals surface area contributed by atoms with E-state index in [9.17, 15) is 22.8 Å². The van der Waals surface area contributed by atoms with Gasteiger partial charge in [-0.25, -0.2) is 0 Å². The SMILES string of the molecule is Cc1ccc(C)c(CNC(=O)C2CCN(C(=O)C(F)(F)F)CC2)c1. The van der Waals surface area contributed by atoms with Crippen LogP contribution >= 0.6 is 0 Å². The summed E-state index contributed by atoms with van der Waals surface area (Å²) in [4.78, 5) is 24.2. The third kappa shape index (κ3) is 4.49. The van der Waals surface area contributed by atoms with Crippen LogP contribution in [0.25, 0.3) is 0 Å². The minimum absolute atomic E-state index is 0.0418. The molecule has 1 aliphatic rings. The third-order valence-electron chi connectivity index (χ3n) is 4.35. The molecule has 1 heterocycles. The van der Waals surface area contributed by atoms with Gasteiger partial charge in [0.15, 0.2) is 0 Å². The first kappa shape index (κ1) is 18.3. The standard InChI is InChI=1S/C17H21F3N2O2/c1-11-3-4-12(2)14(9-11)10-21-15(23)13-5-7-22(8-6-13)16(24)17(18,19)20/h3-4,9,13H,5-8,10H2,1-2H3,(H,21,23). The number of amides is 2. The molecule has 1 saturated heterocycles. The molecule has 2 rings (SSSR count). The first-order chi connectivity index (χ1) is 11.2. The Morgan fingerprint density at radius 1 is 1.21 bits per heavy atom. The quantitative estimate of drug-likeness (QED) is 0.918. The lowest BCUT2D eigenvalue weighted by molar-refractivity contribution is -0.186. The lowest BCUT2D eigenvalue weighted by Gasteiger charge is -2.31. The largest absolute Gasteiger partial charge is 0.471 e. The second-order valence-corrected chi connectivity index (χ2v) is 6.21. The molecule has 1 fully saturated rings. The van der Waals surface area contributed by atoms with E-state index < -0.39 is 12.1 Å². The lowest BCUT2D eigenvalue weighted by Crippen LogP contribution is -2.47. The lowest BCUT2D eigenvalue weighted by atomic mass is 9.95. The fourth-order valence-corrected chi connectivity index (χ4v) is 2.84. The van der Waals surface area contributed by atoms with Gasteiger partial charge in [-0.2, -0.15) is 13.2 Å². The van der Waals surface area contributed by atoms with Crippen LogP contribution in [0.15, 0.2) is 18.2 Å². The molecule has 7 heteroatoms. The van der Waals surface area contributed by atoms with Crippen molar-refractivity contribution < 1.29 is 22.8 Å². The second-order valence-electron chi connectivity index (χ2n) is 6.21. The number of carbonyl (C=O) groups excluding carboxylic acids is 2. The van der Waals surface area contributed by atoms with Gasteiger partial charge in [0.2, 0.25) is 5.91 Å². The molecule has 0 aliphatic carbocycles. The Morgan fingerprint density at radius 3 is 2.42 bits per heavy atom. The molecule has 0 aromatic heterocycles. The number of alkyl halides is 3. The highest BCUT2D eigenvalue weighted by atomic mass is 19.4. The van der Waals surface area contributed by atoms with E-state index in [2.05, 4.69) is 5.32 Å². The van der Waals surface area contributed by atoms with Gasteiger partial charge < -0.3 is 10.2 Å². The summed E-state index contributed by atoms with van der Waals surface area (Å²) in [5.74, 6) is -2.35. The first-order valence-electron chi connectivity index (χ1n) is 7.88. The van der Waals surface area contributed by atoms with Crippen molar-refractivity contribution in [1.82, 2.24) is 10.2 Å². The zero-order valence-electron chi connectivity index (χ0n) is 13.7. The summed E-state index contributed by atoms with van der Waals surface area (Å²) in [7, 11) is 0. The molecule has 1 aromatic rings. The fourth-order valence-electron chi connectivity index (χ4n) is 2.84. The van der Waals surface area contributed by atoms with E-state index in [1.807, 2.05) is 32.0 Å². The average molecular weight is 342 g/mol. The van der Waals surface area contributed by atoms with Gasteiger partial charge >= 0.3 is 12.1 Å². The highest BCUT2D eigenvalue weighted by Gasteiger charge is 2.43. The summed E-state index contributed by atoms with van der Waals surface area (Å²) in [6.07, 6.45) is -4.35. The molecule has 0 radical (unpaired) electrons. The monoisotopic (exact) mass is 342 g/mol. The molecule has 24 heavy (non-hydrogen) atoms. The van der Waals surface area contributed by atoms with E-state index in [1.54, 1.807) is 0 Å². The zero-order valence-corrected chi connectivity index (χ0v) is 13.7. The molecule has 4 nitrogen and oxygen atoms in total. The van der Waals surface area contributed by atoms with Crippen molar-refractivity contribution in [1.29, 1.82) is 0 Å². The molecule has 0 atom stereocenters. The highest BCUT2D eigenvalue weighted by Crippen LogP contribution is 2.24. The number of hydrogen-bond donors (Lipinski definition) is 1. The van der Waals surface area contributed by atoms with Crippen molar-refractivity contribution in [2.24, 2.45) is 5.92 Å². The van der Waals surface area contributed by atoms with Crippen LogP contribution in [0.2, 0.25) is 0 Å². The molecule has 1 N–H and O–H groups in total. The number of nitrogens with zero attached hydrogens (tertiary/aromatic N) is 1. The van der Waals surface area contributed by atoms with Crippen molar-refractivity contribution in [2.45, 2.75) is 39.4 Å². The van der Waals surface area contributed by atoms with Crippen molar-refractivity contribution in [3.8, 4) is 0 Å². The van der Waals surface area contributed by atoms with Crippen molar-refractivity contribution in [3.05, 3.63) is 34.9 Å². The molecule has 2 amide bonds. The van der Waals surface area contributed by atoms with Gasteiger partial charge in [0.05, 0.1) is 0 Å². The molecule has 1 aromatic carbocycles. The second kappa shape index (κ2) is 7.23. The molecule has 0 saturated carbocycles. The number of aryl methyl sites for hydroxylation is 2. The van der Waals surface area contributed by atoms with E-state index in [-0.39, 0.29) is 37.8 Å². The van der Waals surface area contributed by atoms with Gasteiger partial charge in [-0.3, -0.25) is 9.59 Å². The summed E-state index contributed by atoms with van der Waals surface area (Å²) in [6.45, 7) is 4.24. The van der Waals surface area contributed by atoms with E-state index in [0.717, 1.165) is 21.6 Å². The average Bonchev–Trinajstić information content (AvgIpc) is 2.54. The minimum Gasteiger partial charge on any atom is -0.352 e. The van der Waals surface area contributed by atoms with Crippen LogP contribution in [0, 0.1) is 19.8 Å². The number of rotatable bonds is 3. The predicted molar refractivity (Wildman–Crippen MR) is 83.1 cm³/mol. The van der Waals surface area contributed by atoms with Crippen LogP contribution in [-0.4, -0.2) is 36.0 Å². The van der Waals surface area contributed by atoms with E-state index >= 15 is 0 Å².